The molecule has 0 radical (unpaired) electrons. The fourth-order valence-electron chi connectivity index (χ4n) is 4.03. The van der Waals surface area contributed by atoms with Gasteiger partial charge in [-0.1, -0.05) is 0 Å². The molecule has 0 bridgehead atoms. The average molecular weight is 420 g/mol. The molecule has 2 aliphatic rings. The van der Waals surface area contributed by atoms with E-state index in [1.807, 2.05) is 11.8 Å². The number of aryl methyl sites for hydroxylation is 1. The Labute approximate surface area is 172 Å². The van der Waals surface area contributed by atoms with E-state index >= 15 is 0 Å². The van der Waals surface area contributed by atoms with Crippen LogP contribution < -0.4 is 10.1 Å². The van der Waals surface area contributed by atoms with Crippen molar-refractivity contribution in [3.63, 3.8) is 0 Å². The van der Waals surface area contributed by atoms with Crippen molar-refractivity contribution in [3.8, 4) is 5.75 Å². The lowest BCUT2D eigenvalue weighted by atomic mass is 10.0. The van der Waals surface area contributed by atoms with Gasteiger partial charge in [-0.15, -0.1) is 0 Å². The third-order valence-electron chi connectivity index (χ3n) is 5.81. The number of carbonyl (C=O) groups is 1. The Morgan fingerprint density at radius 3 is 2.70 bits per heavy atom. The largest absolute Gasteiger partial charge is 0.494 e. The molecule has 1 amide bonds. The molecular formula is C21H23F3N4O2. The number of hydrogen-bond acceptors (Lipinski definition) is 5. The lowest BCUT2D eigenvalue weighted by Crippen LogP contribution is -2.48. The average Bonchev–Trinajstić information content (AvgIpc) is 3.49. The van der Waals surface area contributed by atoms with E-state index in [4.69, 9.17) is 4.74 Å². The Kier molecular flexibility index (Phi) is 5.29. The molecule has 1 saturated heterocycles. The minimum atomic E-state index is -4.42. The summed E-state index contributed by atoms with van der Waals surface area (Å²) in [5.41, 5.74) is 0.222. The summed E-state index contributed by atoms with van der Waals surface area (Å²) in [5, 5.41) is 3.08. The molecule has 0 aromatic carbocycles. The van der Waals surface area contributed by atoms with E-state index in [0.29, 0.717) is 36.5 Å². The van der Waals surface area contributed by atoms with Crippen LogP contribution in [0, 0.1) is 18.8 Å². The second kappa shape index (κ2) is 7.77. The van der Waals surface area contributed by atoms with Gasteiger partial charge in [0, 0.05) is 31.0 Å². The van der Waals surface area contributed by atoms with Gasteiger partial charge in [-0.3, -0.25) is 4.79 Å². The molecule has 160 valence electrons. The maximum absolute atomic E-state index is 13.3. The normalized spacial score (nSPS) is 23.0. The van der Waals surface area contributed by atoms with Crippen molar-refractivity contribution in [1.29, 1.82) is 0 Å². The molecule has 3 unspecified atom stereocenters. The fraction of sp³-hybridized carbons (Fsp3) is 0.476. The van der Waals surface area contributed by atoms with E-state index in [1.54, 1.807) is 12.1 Å². The van der Waals surface area contributed by atoms with Crippen LogP contribution in [0.15, 0.2) is 30.5 Å². The number of amides is 1. The zero-order valence-electron chi connectivity index (χ0n) is 16.7. The molecular weight excluding hydrogens is 397 g/mol. The molecule has 3 atom stereocenters. The number of methoxy groups -OCH3 is 1. The lowest BCUT2D eigenvalue weighted by molar-refractivity contribution is -0.137. The van der Waals surface area contributed by atoms with E-state index < -0.39 is 11.7 Å². The lowest BCUT2D eigenvalue weighted by Gasteiger charge is -2.35. The number of alkyl halides is 3. The SMILES string of the molecule is COc1ccc(C)nc1C(=O)N1CC2CC2CC1CNc1ccc(C(F)(F)F)cn1. The predicted molar refractivity (Wildman–Crippen MR) is 104 cm³/mol. The Hall–Kier alpha value is -2.84. The summed E-state index contributed by atoms with van der Waals surface area (Å²) in [6.07, 6.45) is -1.67. The van der Waals surface area contributed by atoms with Crippen molar-refractivity contribution in [2.24, 2.45) is 11.8 Å². The molecule has 1 N–H and O–H groups in total. The summed E-state index contributed by atoms with van der Waals surface area (Å²) in [4.78, 5) is 23.3. The summed E-state index contributed by atoms with van der Waals surface area (Å²) in [6, 6.07) is 5.73. The molecule has 30 heavy (non-hydrogen) atoms. The van der Waals surface area contributed by atoms with Gasteiger partial charge in [0.1, 0.15) is 11.6 Å². The van der Waals surface area contributed by atoms with Crippen LogP contribution in [0.4, 0.5) is 19.0 Å². The quantitative estimate of drug-likeness (QED) is 0.798. The molecule has 2 fully saturated rings. The van der Waals surface area contributed by atoms with Crippen molar-refractivity contribution < 1.29 is 22.7 Å². The molecule has 4 rings (SSSR count). The minimum Gasteiger partial charge on any atom is -0.494 e. The molecule has 1 aliphatic carbocycles. The van der Waals surface area contributed by atoms with E-state index in [-0.39, 0.29) is 17.6 Å². The van der Waals surface area contributed by atoms with Gasteiger partial charge in [-0.2, -0.15) is 13.2 Å². The summed E-state index contributed by atoms with van der Waals surface area (Å²) in [5.74, 6) is 1.69. The number of ether oxygens (including phenoxy) is 1. The van der Waals surface area contributed by atoms with Crippen molar-refractivity contribution in [2.75, 3.05) is 25.5 Å². The maximum atomic E-state index is 13.3. The van der Waals surface area contributed by atoms with Gasteiger partial charge in [0.25, 0.3) is 5.91 Å². The smallest absolute Gasteiger partial charge is 0.417 e. The zero-order chi connectivity index (χ0) is 21.5. The van der Waals surface area contributed by atoms with Crippen LogP contribution in [0.2, 0.25) is 0 Å². The molecule has 2 aromatic rings. The minimum absolute atomic E-state index is 0.0997. The highest BCUT2D eigenvalue weighted by molar-refractivity contribution is 5.95. The van der Waals surface area contributed by atoms with Crippen molar-refractivity contribution in [2.45, 2.75) is 32.0 Å². The van der Waals surface area contributed by atoms with Gasteiger partial charge < -0.3 is 15.0 Å². The fourth-order valence-corrected chi connectivity index (χ4v) is 4.03. The Morgan fingerprint density at radius 1 is 1.23 bits per heavy atom. The number of nitrogens with zero attached hydrogens (tertiary/aromatic N) is 3. The van der Waals surface area contributed by atoms with Crippen LogP contribution in [0.1, 0.15) is 34.6 Å². The Balaban J connectivity index is 1.49. The number of carbonyl (C=O) groups excluding carboxylic acids is 1. The van der Waals surface area contributed by atoms with Crippen LogP contribution in [0.3, 0.4) is 0 Å². The number of aromatic nitrogens is 2. The van der Waals surface area contributed by atoms with Crippen LogP contribution in [-0.2, 0) is 6.18 Å². The second-order valence-electron chi connectivity index (χ2n) is 7.92. The highest BCUT2D eigenvalue weighted by atomic mass is 19.4. The van der Waals surface area contributed by atoms with Crippen LogP contribution in [0.5, 0.6) is 5.75 Å². The van der Waals surface area contributed by atoms with Gasteiger partial charge in [-0.05, 0) is 55.9 Å². The first-order valence-electron chi connectivity index (χ1n) is 9.86. The van der Waals surface area contributed by atoms with Crippen molar-refractivity contribution in [1.82, 2.24) is 14.9 Å². The van der Waals surface area contributed by atoms with Crippen LogP contribution >= 0.6 is 0 Å². The number of hydrogen-bond donors (Lipinski definition) is 1. The van der Waals surface area contributed by atoms with Gasteiger partial charge >= 0.3 is 6.18 Å². The molecule has 2 aromatic heterocycles. The van der Waals surface area contributed by atoms with Gasteiger partial charge in [-0.25, -0.2) is 9.97 Å². The molecule has 1 aliphatic heterocycles. The molecule has 9 heteroatoms. The highest BCUT2D eigenvalue weighted by Gasteiger charge is 2.47. The van der Waals surface area contributed by atoms with Gasteiger partial charge in [0.05, 0.1) is 12.7 Å². The van der Waals surface area contributed by atoms with E-state index in [2.05, 4.69) is 15.3 Å². The van der Waals surface area contributed by atoms with Crippen LogP contribution in [0.25, 0.3) is 0 Å². The predicted octanol–water partition coefficient (Wildman–Crippen LogP) is 3.78. The topological polar surface area (TPSA) is 67.3 Å². The van der Waals surface area contributed by atoms with E-state index in [1.165, 1.54) is 13.2 Å². The highest BCUT2D eigenvalue weighted by Crippen LogP contribution is 2.47. The molecule has 3 heterocycles. The zero-order valence-corrected chi connectivity index (χ0v) is 16.7. The number of halogens is 3. The van der Waals surface area contributed by atoms with Crippen molar-refractivity contribution >= 4 is 11.7 Å². The van der Waals surface area contributed by atoms with Crippen LogP contribution in [-0.4, -0.2) is 47.0 Å². The monoisotopic (exact) mass is 420 g/mol. The molecule has 0 spiro atoms. The third-order valence-corrected chi connectivity index (χ3v) is 5.81. The number of rotatable bonds is 5. The van der Waals surface area contributed by atoms with Gasteiger partial charge in [0.15, 0.2) is 5.69 Å². The first-order chi connectivity index (χ1) is 14.3. The van der Waals surface area contributed by atoms with Gasteiger partial charge in [0.2, 0.25) is 0 Å². The number of nitrogens with one attached hydrogen (secondary N) is 1. The molecule has 6 nitrogen and oxygen atoms in total. The first kappa shape index (κ1) is 20.4. The summed E-state index contributed by atoms with van der Waals surface area (Å²) < 4.78 is 43.5. The summed E-state index contributed by atoms with van der Waals surface area (Å²) in [7, 11) is 1.51. The standard InChI is InChI=1S/C21H23F3N4O2/c1-12-3-5-17(30-2)19(27-12)20(29)28-11-14-7-13(14)8-16(28)10-26-18-6-4-15(9-25-18)21(22,23)24/h3-6,9,13-14,16H,7-8,10-11H2,1-2H3,(H,25,26). The van der Waals surface area contributed by atoms with E-state index in [0.717, 1.165) is 30.8 Å². The maximum Gasteiger partial charge on any atom is 0.417 e. The first-order valence-corrected chi connectivity index (χ1v) is 9.86. The third kappa shape index (κ3) is 4.20. The van der Waals surface area contributed by atoms with E-state index in [9.17, 15) is 18.0 Å². The number of piperidine rings is 1. The second-order valence-corrected chi connectivity index (χ2v) is 7.92. The number of anilines is 1. The van der Waals surface area contributed by atoms with Crippen molar-refractivity contribution in [3.05, 3.63) is 47.4 Å². The number of fused-ring (bicyclic) bond motifs is 1. The Bertz CT molecular complexity index is 933. The number of likely N-dealkylation sites (tertiary alicyclic amines) is 1. The summed E-state index contributed by atoms with van der Waals surface area (Å²) in [6.45, 7) is 2.87. The number of pyridine rings is 2. The Morgan fingerprint density at radius 2 is 2.03 bits per heavy atom. The summed E-state index contributed by atoms with van der Waals surface area (Å²) >= 11 is 0. The molecule has 1 saturated carbocycles.